The molecule has 0 aliphatic carbocycles. The van der Waals surface area contributed by atoms with Gasteiger partial charge in [0.15, 0.2) is 11.5 Å². The molecular weight excluding hydrogens is 238 g/mol. The van der Waals surface area contributed by atoms with Gasteiger partial charge in [-0.25, -0.2) is 14.5 Å². The van der Waals surface area contributed by atoms with E-state index in [0.29, 0.717) is 0 Å². The van der Waals surface area contributed by atoms with Crippen LogP contribution in [0.1, 0.15) is 17.4 Å². The first kappa shape index (κ1) is 11.8. The molecule has 2 heterocycles. The summed E-state index contributed by atoms with van der Waals surface area (Å²) in [6.45, 7) is 1.91. The van der Waals surface area contributed by atoms with E-state index in [-0.39, 0.29) is 29.4 Å². The highest BCUT2D eigenvalue weighted by atomic mass is 16.5. The molecule has 2 rings (SSSR count). The van der Waals surface area contributed by atoms with Crippen molar-refractivity contribution in [2.75, 3.05) is 12.3 Å². The normalized spacial score (nSPS) is 10.3. The first-order valence-electron chi connectivity index (χ1n) is 5.19. The lowest BCUT2D eigenvalue weighted by molar-refractivity contribution is 0.0520. The number of esters is 1. The van der Waals surface area contributed by atoms with E-state index in [4.69, 9.17) is 10.5 Å². The largest absolute Gasteiger partial charge is 0.461 e. The quantitative estimate of drug-likeness (QED) is 0.722. The van der Waals surface area contributed by atoms with Crippen LogP contribution in [-0.2, 0) is 4.74 Å². The molecule has 2 aromatic heterocycles. The van der Waals surface area contributed by atoms with Crippen molar-refractivity contribution in [1.82, 2.24) is 19.7 Å². The summed E-state index contributed by atoms with van der Waals surface area (Å²) in [5.74, 6) is -0.348. The van der Waals surface area contributed by atoms with Gasteiger partial charge >= 0.3 is 5.97 Å². The van der Waals surface area contributed by atoms with Crippen LogP contribution in [-0.4, -0.2) is 32.3 Å². The zero-order valence-electron chi connectivity index (χ0n) is 9.58. The number of nitrogens with one attached hydrogen (secondary N) is 1. The van der Waals surface area contributed by atoms with Crippen LogP contribution < -0.4 is 11.3 Å². The standard InChI is InChI=1S/C10H11N5O3/c1-2-18-10(17)9-6(11)4-15(14-9)7-3-8(16)13-5-12-7/h3-5H,2,11H2,1H3,(H,12,13,16). The Balaban J connectivity index is 2.40. The van der Waals surface area contributed by atoms with Crippen molar-refractivity contribution >= 4 is 11.7 Å². The molecule has 0 radical (unpaired) electrons. The fraction of sp³-hybridized carbons (Fsp3) is 0.200. The maximum atomic E-state index is 11.5. The summed E-state index contributed by atoms with van der Waals surface area (Å²) in [4.78, 5) is 28.9. The predicted octanol–water partition coefficient (Wildman–Crippen LogP) is -0.286. The second kappa shape index (κ2) is 4.70. The lowest BCUT2D eigenvalue weighted by Crippen LogP contribution is -2.11. The number of nitrogens with two attached hydrogens (primary N) is 1. The van der Waals surface area contributed by atoms with Gasteiger partial charge < -0.3 is 15.5 Å². The van der Waals surface area contributed by atoms with E-state index in [1.807, 2.05) is 0 Å². The van der Waals surface area contributed by atoms with Crippen LogP contribution in [0.25, 0.3) is 5.82 Å². The monoisotopic (exact) mass is 249 g/mol. The molecule has 8 heteroatoms. The molecule has 0 aromatic carbocycles. The SMILES string of the molecule is CCOC(=O)c1nn(-c2cc(=O)[nH]cn2)cc1N. The predicted molar refractivity (Wildman–Crippen MR) is 62.3 cm³/mol. The molecule has 0 aliphatic rings. The van der Waals surface area contributed by atoms with Gasteiger partial charge in [-0.2, -0.15) is 5.10 Å². The minimum atomic E-state index is -0.612. The molecule has 18 heavy (non-hydrogen) atoms. The highest BCUT2D eigenvalue weighted by molar-refractivity contribution is 5.92. The molecule has 0 atom stereocenters. The molecule has 0 spiro atoms. The molecule has 0 amide bonds. The van der Waals surface area contributed by atoms with Gasteiger partial charge in [0.25, 0.3) is 5.56 Å². The number of nitrogens with zero attached hydrogens (tertiary/aromatic N) is 3. The third-order valence-electron chi connectivity index (χ3n) is 2.11. The summed E-state index contributed by atoms with van der Waals surface area (Å²) < 4.78 is 6.05. The third-order valence-corrected chi connectivity index (χ3v) is 2.11. The van der Waals surface area contributed by atoms with E-state index >= 15 is 0 Å². The van der Waals surface area contributed by atoms with E-state index < -0.39 is 5.97 Å². The first-order chi connectivity index (χ1) is 8.61. The summed E-state index contributed by atoms with van der Waals surface area (Å²) in [6.07, 6.45) is 2.63. The van der Waals surface area contributed by atoms with Gasteiger partial charge in [-0.05, 0) is 6.92 Å². The summed E-state index contributed by atoms with van der Waals surface area (Å²) in [5.41, 5.74) is 5.48. The second-order valence-electron chi connectivity index (χ2n) is 3.37. The number of hydrogen-bond acceptors (Lipinski definition) is 6. The zero-order chi connectivity index (χ0) is 13.1. The fourth-order valence-electron chi connectivity index (χ4n) is 1.35. The van der Waals surface area contributed by atoms with E-state index in [9.17, 15) is 9.59 Å². The Morgan fingerprint density at radius 1 is 1.61 bits per heavy atom. The number of carbonyl (C=O) groups excluding carboxylic acids is 1. The van der Waals surface area contributed by atoms with Gasteiger partial charge in [-0.1, -0.05) is 0 Å². The number of aromatic nitrogens is 4. The molecule has 0 aliphatic heterocycles. The maximum Gasteiger partial charge on any atom is 0.361 e. The Kier molecular flexibility index (Phi) is 3.09. The molecule has 0 unspecified atom stereocenters. The minimum absolute atomic E-state index is 0.000989. The molecule has 0 saturated heterocycles. The van der Waals surface area contributed by atoms with Crippen molar-refractivity contribution in [3.05, 3.63) is 34.6 Å². The number of carbonyl (C=O) groups is 1. The number of aromatic amines is 1. The van der Waals surface area contributed by atoms with Crippen LogP contribution in [0.3, 0.4) is 0 Å². The Labute approximate surface area is 101 Å². The van der Waals surface area contributed by atoms with Gasteiger partial charge in [-0.15, -0.1) is 0 Å². The Bertz CT molecular complexity index is 630. The number of rotatable bonds is 3. The molecule has 94 valence electrons. The van der Waals surface area contributed by atoms with Crippen LogP contribution in [0.15, 0.2) is 23.4 Å². The van der Waals surface area contributed by atoms with E-state index in [1.54, 1.807) is 6.92 Å². The second-order valence-corrected chi connectivity index (χ2v) is 3.37. The molecule has 2 aromatic rings. The summed E-state index contributed by atoms with van der Waals surface area (Å²) in [6, 6.07) is 1.24. The molecule has 3 N–H and O–H groups in total. The van der Waals surface area contributed by atoms with Crippen molar-refractivity contribution < 1.29 is 9.53 Å². The van der Waals surface area contributed by atoms with Crippen molar-refractivity contribution in [3.8, 4) is 5.82 Å². The van der Waals surface area contributed by atoms with Crippen molar-refractivity contribution in [1.29, 1.82) is 0 Å². The average molecular weight is 249 g/mol. The summed E-state index contributed by atoms with van der Waals surface area (Å²) in [5, 5.41) is 3.94. The molecule has 0 fully saturated rings. The van der Waals surface area contributed by atoms with Gasteiger partial charge in [0, 0.05) is 6.07 Å². The number of anilines is 1. The molecule has 8 nitrogen and oxygen atoms in total. The highest BCUT2D eigenvalue weighted by Crippen LogP contribution is 2.12. The van der Waals surface area contributed by atoms with Crippen molar-refractivity contribution in [2.24, 2.45) is 0 Å². The topological polar surface area (TPSA) is 116 Å². The fourth-order valence-corrected chi connectivity index (χ4v) is 1.35. The Morgan fingerprint density at radius 2 is 2.39 bits per heavy atom. The van der Waals surface area contributed by atoms with Crippen LogP contribution in [0, 0.1) is 0 Å². The number of H-pyrrole nitrogens is 1. The van der Waals surface area contributed by atoms with Gasteiger partial charge in [-0.3, -0.25) is 4.79 Å². The van der Waals surface area contributed by atoms with Gasteiger partial charge in [0.1, 0.15) is 0 Å². The lowest BCUT2D eigenvalue weighted by Gasteiger charge is -1.98. The van der Waals surface area contributed by atoms with E-state index in [0.717, 1.165) is 0 Å². The van der Waals surface area contributed by atoms with E-state index in [1.165, 1.54) is 23.3 Å². The minimum Gasteiger partial charge on any atom is -0.461 e. The molecule has 0 bridgehead atoms. The first-order valence-corrected chi connectivity index (χ1v) is 5.19. The number of hydrogen-bond donors (Lipinski definition) is 2. The molecule has 0 saturated carbocycles. The van der Waals surface area contributed by atoms with E-state index in [2.05, 4.69) is 15.1 Å². The van der Waals surface area contributed by atoms with Crippen molar-refractivity contribution in [3.63, 3.8) is 0 Å². The average Bonchev–Trinajstić information content (AvgIpc) is 2.72. The van der Waals surface area contributed by atoms with Crippen molar-refractivity contribution in [2.45, 2.75) is 6.92 Å². The maximum absolute atomic E-state index is 11.5. The van der Waals surface area contributed by atoms with Gasteiger partial charge in [0.2, 0.25) is 0 Å². The Hall–Kier alpha value is -2.64. The lowest BCUT2D eigenvalue weighted by atomic mass is 10.4. The van der Waals surface area contributed by atoms with Crippen LogP contribution in [0.5, 0.6) is 0 Å². The third kappa shape index (κ3) is 2.21. The van der Waals surface area contributed by atoms with Crippen LogP contribution >= 0.6 is 0 Å². The number of ether oxygens (including phenoxy) is 1. The van der Waals surface area contributed by atoms with Crippen LogP contribution in [0.4, 0.5) is 5.69 Å². The Morgan fingerprint density at radius 3 is 3.06 bits per heavy atom. The summed E-state index contributed by atoms with van der Waals surface area (Å²) >= 11 is 0. The van der Waals surface area contributed by atoms with Gasteiger partial charge in [0.05, 0.1) is 24.8 Å². The summed E-state index contributed by atoms with van der Waals surface area (Å²) in [7, 11) is 0. The zero-order valence-corrected chi connectivity index (χ0v) is 9.58. The molecular formula is C10H11N5O3. The number of nitrogen functional groups attached to an aromatic ring is 1. The highest BCUT2D eigenvalue weighted by Gasteiger charge is 2.16. The van der Waals surface area contributed by atoms with Crippen LogP contribution in [0.2, 0.25) is 0 Å². The smallest absolute Gasteiger partial charge is 0.361 e.